The smallest absolute Gasteiger partial charge is 0.164 e. The molecule has 2 heteroatoms. The lowest BCUT2D eigenvalue weighted by Gasteiger charge is -2.39. The molecule has 0 bridgehead atoms. The number of benzene rings is 2. The van der Waals surface area contributed by atoms with Crippen molar-refractivity contribution in [2.45, 2.75) is 25.0 Å². The van der Waals surface area contributed by atoms with Crippen molar-refractivity contribution < 1.29 is 9.84 Å². The Kier molecular flexibility index (Phi) is 3.91. The van der Waals surface area contributed by atoms with Crippen molar-refractivity contribution in [1.29, 1.82) is 0 Å². The van der Waals surface area contributed by atoms with Crippen LogP contribution in [0.2, 0.25) is 0 Å². The molecule has 0 saturated carbocycles. The van der Waals surface area contributed by atoms with Gasteiger partial charge in [0.05, 0.1) is 6.61 Å². The van der Waals surface area contributed by atoms with Gasteiger partial charge in [0, 0.05) is 5.41 Å². The molecule has 2 aromatic carbocycles. The van der Waals surface area contributed by atoms with Gasteiger partial charge in [-0.25, -0.2) is 0 Å². The molecule has 2 atom stereocenters. The molecule has 0 spiro atoms. The molecule has 1 N–H and O–H groups in total. The van der Waals surface area contributed by atoms with Gasteiger partial charge in [-0.2, -0.15) is 0 Å². The van der Waals surface area contributed by atoms with Crippen LogP contribution in [0.4, 0.5) is 0 Å². The van der Waals surface area contributed by atoms with Gasteiger partial charge in [0.25, 0.3) is 0 Å². The highest BCUT2D eigenvalue weighted by molar-refractivity contribution is 5.54. The van der Waals surface area contributed by atoms with Crippen molar-refractivity contribution in [3.8, 4) is 0 Å². The SMILES string of the molecule is CC1(c2ccccc2)C/C(=C/c2ccccc2)COC1O. The van der Waals surface area contributed by atoms with E-state index in [1.165, 1.54) is 11.1 Å². The van der Waals surface area contributed by atoms with Gasteiger partial charge in [0.2, 0.25) is 0 Å². The summed E-state index contributed by atoms with van der Waals surface area (Å²) in [6.45, 7) is 2.55. The van der Waals surface area contributed by atoms with Gasteiger partial charge in [0.1, 0.15) is 0 Å². The molecule has 1 aliphatic rings. The Morgan fingerprint density at radius 2 is 1.67 bits per heavy atom. The number of aliphatic hydroxyl groups is 1. The zero-order valence-corrected chi connectivity index (χ0v) is 12.2. The summed E-state index contributed by atoms with van der Waals surface area (Å²) in [6.07, 6.45) is 2.19. The first-order valence-electron chi connectivity index (χ1n) is 7.28. The topological polar surface area (TPSA) is 29.5 Å². The van der Waals surface area contributed by atoms with Crippen LogP contribution in [0.1, 0.15) is 24.5 Å². The van der Waals surface area contributed by atoms with Gasteiger partial charge in [0.15, 0.2) is 6.29 Å². The Labute approximate surface area is 125 Å². The molecule has 108 valence electrons. The molecule has 2 unspecified atom stereocenters. The van der Waals surface area contributed by atoms with Crippen LogP contribution in [0, 0.1) is 0 Å². The monoisotopic (exact) mass is 280 g/mol. The Hall–Kier alpha value is -1.90. The Morgan fingerprint density at radius 1 is 1.05 bits per heavy atom. The lowest BCUT2D eigenvalue weighted by Crippen LogP contribution is -2.43. The molecular weight excluding hydrogens is 260 g/mol. The van der Waals surface area contributed by atoms with E-state index in [9.17, 15) is 5.11 Å². The minimum Gasteiger partial charge on any atom is -0.367 e. The standard InChI is InChI=1S/C19H20O2/c1-19(17-10-6-3-7-11-17)13-16(14-21-18(19)20)12-15-8-4-2-5-9-15/h2-12,18,20H,13-14H2,1H3/b16-12-. The highest BCUT2D eigenvalue weighted by atomic mass is 16.6. The molecule has 3 rings (SSSR count). The zero-order valence-electron chi connectivity index (χ0n) is 12.2. The predicted octanol–water partition coefficient (Wildman–Crippen LogP) is 3.77. The Balaban J connectivity index is 1.90. The van der Waals surface area contributed by atoms with Gasteiger partial charge in [-0.1, -0.05) is 73.7 Å². The van der Waals surface area contributed by atoms with Crippen LogP contribution in [0.3, 0.4) is 0 Å². The number of aliphatic hydroxyl groups excluding tert-OH is 1. The summed E-state index contributed by atoms with van der Waals surface area (Å²) in [6, 6.07) is 20.3. The van der Waals surface area contributed by atoms with Crippen LogP contribution >= 0.6 is 0 Å². The van der Waals surface area contributed by atoms with Crippen LogP contribution in [-0.2, 0) is 10.2 Å². The first kappa shape index (κ1) is 14.1. The lowest BCUT2D eigenvalue weighted by molar-refractivity contribution is -0.152. The van der Waals surface area contributed by atoms with Crippen LogP contribution < -0.4 is 0 Å². The van der Waals surface area contributed by atoms with Crippen LogP contribution in [0.5, 0.6) is 0 Å². The third-order valence-electron chi connectivity index (χ3n) is 4.17. The maximum atomic E-state index is 10.3. The molecule has 1 saturated heterocycles. The zero-order chi connectivity index (χ0) is 14.7. The van der Waals surface area contributed by atoms with Crippen molar-refractivity contribution in [2.24, 2.45) is 0 Å². The van der Waals surface area contributed by atoms with Crippen LogP contribution in [-0.4, -0.2) is 18.0 Å². The van der Waals surface area contributed by atoms with Crippen molar-refractivity contribution in [2.75, 3.05) is 6.61 Å². The molecule has 0 amide bonds. The van der Waals surface area contributed by atoms with Crippen LogP contribution in [0.15, 0.2) is 66.2 Å². The van der Waals surface area contributed by atoms with Gasteiger partial charge in [-0.05, 0) is 23.1 Å². The summed E-state index contributed by atoms with van der Waals surface area (Å²) in [7, 11) is 0. The first-order valence-corrected chi connectivity index (χ1v) is 7.28. The first-order chi connectivity index (χ1) is 10.2. The molecule has 1 aliphatic heterocycles. The third kappa shape index (κ3) is 2.92. The highest BCUT2D eigenvalue weighted by Crippen LogP contribution is 2.39. The summed E-state index contributed by atoms with van der Waals surface area (Å²) < 4.78 is 5.62. The fourth-order valence-electron chi connectivity index (χ4n) is 2.92. The van der Waals surface area contributed by atoms with E-state index >= 15 is 0 Å². The van der Waals surface area contributed by atoms with E-state index in [1.807, 2.05) is 36.4 Å². The molecule has 1 fully saturated rings. The maximum Gasteiger partial charge on any atom is 0.164 e. The normalized spacial score (nSPS) is 27.7. The van der Waals surface area contributed by atoms with Crippen molar-refractivity contribution in [3.05, 3.63) is 77.4 Å². The fourth-order valence-corrected chi connectivity index (χ4v) is 2.92. The summed E-state index contributed by atoms with van der Waals surface area (Å²) >= 11 is 0. The van der Waals surface area contributed by atoms with Crippen LogP contribution in [0.25, 0.3) is 6.08 Å². The van der Waals surface area contributed by atoms with E-state index in [2.05, 4.69) is 37.3 Å². The number of ether oxygens (including phenoxy) is 1. The van der Waals surface area contributed by atoms with E-state index in [0.29, 0.717) is 6.61 Å². The molecule has 2 aromatic rings. The fraction of sp³-hybridized carbons (Fsp3) is 0.263. The van der Waals surface area contributed by atoms with E-state index in [-0.39, 0.29) is 0 Å². The largest absolute Gasteiger partial charge is 0.367 e. The van der Waals surface area contributed by atoms with E-state index in [1.54, 1.807) is 0 Å². The summed E-state index contributed by atoms with van der Waals surface area (Å²) in [5, 5.41) is 10.3. The average molecular weight is 280 g/mol. The second-order valence-electron chi connectivity index (χ2n) is 5.84. The minimum absolute atomic E-state index is 0.403. The van der Waals surface area contributed by atoms with Gasteiger partial charge in [-0.3, -0.25) is 0 Å². The van der Waals surface area contributed by atoms with Crippen molar-refractivity contribution in [1.82, 2.24) is 0 Å². The number of rotatable bonds is 2. The highest BCUT2D eigenvalue weighted by Gasteiger charge is 2.39. The third-order valence-corrected chi connectivity index (χ3v) is 4.17. The van der Waals surface area contributed by atoms with E-state index in [4.69, 9.17) is 4.74 Å². The van der Waals surface area contributed by atoms with Gasteiger partial charge >= 0.3 is 0 Å². The molecule has 2 nitrogen and oxygen atoms in total. The number of hydrogen-bond donors (Lipinski definition) is 1. The molecule has 0 radical (unpaired) electrons. The average Bonchev–Trinajstić information content (AvgIpc) is 2.53. The minimum atomic E-state index is -0.771. The van der Waals surface area contributed by atoms with E-state index < -0.39 is 11.7 Å². The lowest BCUT2D eigenvalue weighted by atomic mass is 9.75. The molecular formula is C19H20O2. The Morgan fingerprint density at radius 3 is 2.33 bits per heavy atom. The number of hydrogen-bond acceptors (Lipinski definition) is 2. The summed E-state index contributed by atoms with van der Waals surface area (Å²) in [5.74, 6) is 0. The quantitative estimate of drug-likeness (QED) is 0.907. The Bertz CT molecular complexity index is 619. The molecule has 0 aliphatic carbocycles. The van der Waals surface area contributed by atoms with Crippen molar-refractivity contribution >= 4 is 6.08 Å². The van der Waals surface area contributed by atoms with Gasteiger partial charge in [-0.15, -0.1) is 0 Å². The van der Waals surface area contributed by atoms with E-state index in [0.717, 1.165) is 12.0 Å². The molecule has 0 aromatic heterocycles. The maximum absolute atomic E-state index is 10.3. The summed E-state index contributed by atoms with van der Waals surface area (Å²) in [4.78, 5) is 0. The van der Waals surface area contributed by atoms with Crippen molar-refractivity contribution in [3.63, 3.8) is 0 Å². The van der Waals surface area contributed by atoms with Gasteiger partial charge < -0.3 is 9.84 Å². The second kappa shape index (κ2) is 5.84. The predicted molar refractivity (Wildman–Crippen MR) is 84.8 cm³/mol. The second-order valence-corrected chi connectivity index (χ2v) is 5.84. The molecule has 1 heterocycles. The molecule has 21 heavy (non-hydrogen) atoms. The summed E-state index contributed by atoms with van der Waals surface area (Å²) in [5.41, 5.74) is 3.08.